The highest BCUT2D eigenvalue weighted by atomic mass is 16.5. The van der Waals surface area contributed by atoms with Crippen LogP contribution in [0.3, 0.4) is 0 Å². The van der Waals surface area contributed by atoms with Crippen LogP contribution < -0.4 is 11.1 Å². The number of amides is 2. The number of esters is 1. The predicted molar refractivity (Wildman–Crippen MR) is 63.4 cm³/mol. The zero-order chi connectivity index (χ0) is 13.5. The monoisotopic (exact) mass is 257 g/mol. The number of hydrogen-bond acceptors (Lipinski definition) is 5. The van der Waals surface area contributed by atoms with E-state index in [9.17, 15) is 14.4 Å². The molecular weight excluding hydrogens is 238 g/mol. The Bertz CT molecular complexity index is 332. The van der Waals surface area contributed by atoms with Crippen molar-refractivity contribution in [3.05, 3.63) is 0 Å². The highest BCUT2D eigenvalue weighted by Crippen LogP contribution is 2.17. The molecule has 7 heteroatoms. The first kappa shape index (κ1) is 14.4. The van der Waals surface area contributed by atoms with Gasteiger partial charge in [0.1, 0.15) is 6.04 Å². The zero-order valence-electron chi connectivity index (χ0n) is 10.5. The van der Waals surface area contributed by atoms with Crippen LogP contribution in [-0.2, 0) is 19.1 Å². The SMILES string of the molecule is COC(=O)C1CCCCN1C(=O)CNC(=O)CN. The number of ether oxygens (including phenoxy) is 1. The van der Waals surface area contributed by atoms with Crippen LogP contribution in [0, 0.1) is 0 Å². The van der Waals surface area contributed by atoms with Crippen LogP contribution in [0.1, 0.15) is 19.3 Å². The molecule has 1 aliphatic rings. The van der Waals surface area contributed by atoms with E-state index in [0.717, 1.165) is 12.8 Å². The fraction of sp³-hybridized carbons (Fsp3) is 0.727. The number of carbonyl (C=O) groups excluding carboxylic acids is 3. The minimum Gasteiger partial charge on any atom is -0.467 e. The molecule has 7 nitrogen and oxygen atoms in total. The van der Waals surface area contributed by atoms with Crippen molar-refractivity contribution in [2.45, 2.75) is 25.3 Å². The van der Waals surface area contributed by atoms with Crippen molar-refractivity contribution in [2.24, 2.45) is 5.73 Å². The number of hydrogen-bond donors (Lipinski definition) is 2. The molecule has 102 valence electrons. The van der Waals surface area contributed by atoms with Gasteiger partial charge in [0.25, 0.3) is 0 Å². The van der Waals surface area contributed by atoms with Crippen molar-refractivity contribution in [1.29, 1.82) is 0 Å². The van der Waals surface area contributed by atoms with E-state index in [1.165, 1.54) is 12.0 Å². The van der Waals surface area contributed by atoms with Gasteiger partial charge in [-0.25, -0.2) is 4.79 Å². The van der Waals surface area contributed by atoms with Gasteiger partial charge in [0.15, 0.2) is 0 Å². The summed E-state index contributed by atoms with van der Waals surface area (Å²) in [7, 11) is 1.30. The minimum absolute atomic E-state index is 0.135. The maximum Gasteiger partial charge on any atom is 0.328 e. The van der Waals surface area contributed by atoms with Gasteiger partial charge >= 0.3 is 5.97 Å². The number of nitrogens with one attached hydrogen (secondary N) is 1. The standard InChI is InChI=1S/C11H19N3O4/c1-18-11(17)8-4-2-3-5-14(8)10(16)7-13-9(15)6-12/h8H,2-7,12H2,1H3,(H,13,15). The molecule has 0 aromatic heterocycles. The average Bonchev–Trinajstić information content (AvgIpc) is 2.43. The Balaban J connectivity index is 2.57. The molecule has 0 aromatic carbocycles. The van der Waals surface area contributed by atoms with Crippen LogP contribution in [0.25, 0.3) is 0 Å². The molecule has 0 aliphatic carbocycles. The molecule has 0 aromatic rings. The van der Waals surface area contributed by atoms with Crippen LogP contribution in [0.5, 0.6) is 0 Å². The highest BCUT2D eigenvalue weighted by Gasteiger charge is 2.32. The molecule has 0 radical (unpaired) electrons. The molecule has 0 bridgehead atoms. The molecule has 3 N–H and O–H groups in total. The number of likely N-dealkylation sites (tertiary alicyclic amines) is 1. The molecule has 2 amide bonds. The van der Waals surface area contributed by atoms with Gasteiger partial charge in [-0.2, -0.15) is 0 Å². The molecule has 1 unspecified atom stereocenters. The van der Waals surface area contributed by atoms with E-state index >= 15 is 0 Å². The summed E-state index contributed by atoms with van der Waals surface area (Å²) in [6.45, 7) is 0.217. The van der Waals surface area contributed by atoms with E-state index in [-0.39, 0.29) is 19.0 Å². The van der Waals surface area contributed by atoms with Crippen molar-refractivity contribution in [3.63, 3.8) is 0 Å². The predicted octanol–water partition coefficient (Wildman–Crippen LogP) is -1.38. The van der Waals surface area contributed by atoms with Crippen molar-refractivity contribution in [3.8, 4) is 0 Å². The fourth-order valence-corrected chi connectivity index (χ4v) is 1.96. The lowest BCUT2D eigenvalue weighted by atomic mass is 10.0. The average molecular weight is 257 g/mol. The maximum absolute atomic E-state index is 11.9. The topological polar surface area (TPSA) is 102 Å². The number of nitrogens with two attached hydrogens (primary N) is 1. The largest absolute Gasteiger partial charge is 0.467 e. The van der Waals surface area contributed by atoms with Crippen LogP contribution in [-0.4, -0.2) is 55.5 Å². The molecule has 0 saturated carbocycles. The fourth-order valence-electron chi connectivity index (χ4n) is 1.96. The van der Waals surface area contributed by atoms with Gasteiger partial charge in [-0.05, 0) is 19.3 Å². The summed E-state index contributed by atoms with van der Waals surface area (Å²) in [6, 6.07) is -0.536. The molecule has 0 spiro atoms. The lowest BCUT2D eigenvalue weighted by Gasteiger charge is -2.33. The van der Waals surface area contributed by atoms with E-state index in [1.54, 1.807) is 0 Å². The van der Waals surface area contributed by atoms with Crippen molar-refractivity contribution in [2.75, 3.05) is 26.7 Å². The number of carbonyl (C=O) groups is 3. The first-order valence-corrected chi connectivity index (χ1v) is 5.94. The van der Waals surface area contributed by atoms with E-state index in [1.807, 2.05) is 0 Å². The number of nitrogens with zero attached hydrogens (tertiary/aromatic N) is 1. The third-order valence-electron chi connectivity index (χ3n) is 2.92. The molecule has 1 rings (SSSR count). The highest BCUT2D eigenvalue weighted by molar-refractivity contribution is 5.88. The molecule has 18 heavy (non-hydrogen) atoms. The lowest BCUT2D eigenvalue weighted by molar-refractivity contribution is -0.154. The van der Waals surface area contributed by atoms with Gasteiger partial charge in [0, 0.05) is 6.54 Å². The summed E-state index contributed by atoms with van der Waals surface area (Å²) < 4.78 is 4.68. The summed E-state index contributed by atoms with van der Waals surface area (Å²) in [5.41, 5.74) is 5.12. The van der Waals surface area contributed by atoms with E-state index in [4.69, 9.17) is 5.73 Å². The quantitative estimate of drug-likeness (QED) is 0.604. The summed E-state index contributed by atoms with van der Waals surface area (Å²) in [5, 5.41) is 2.40. The molecule has 1 saturated heterocycles. The van der Waals surface area contributed by atoms with Gasteiger partial charge in [-0.3, -0.25) is 9.59 Å². The van der Waals surface area contributed by atoms with Crippen LogP contribution in [0.4, 0.5) is 0 Å². The van der Waals surface area contributed by atoms with E-state index in [0.29, 0.717) is 13.0 Å². The lowest BCUT2D eigenvalue weighted by Crippen LogP contribution is -2.51. The second-order valence-electron chi connectivity index (χ2n) is 4.10. The Morgan fingerprint density at radius 2 is 2.11 bits per heavy atom. The molecule has 1 atom stereocenters. The van der Waals surface area contributed by atoms with Gasteiger partial charge in [-0.1, -0.05) is 0 Å². The summed E-state index contributed by atoms with van der Waals surface area (Å²) in [4.78, 5) is 35.9. The zero-order valence-corrected chi connectivity index (χ0v) is 10.5. The van der Waals surface area contributed by atoms with Crippen molar-refractivity contribution < 1.29 is 19.1 Å². The Kier molecular flexibility index (Phi) is 5.57. The number of piperidine rings is 1. The Hall–Kier alpha value is -1.63. The van der Waals surface area contributed by atoms with Crippen LogP contribution >= 0.6 is 0 Å². The Morgan fingerprint density at radius 1 is 1.39 bits per heavy atom. The first-order valence-electron chi connectivity index (χ1n) is 5.94. The van der Waals surface area contributed by atoms with E-state index in [2.05, 4.69) is 10.1 Å². The smallest absolute Gasteiger partial charge is 0.328 e. The third-order valence-corrected chi connectivity index (χ3v) is 2.92. The Labute approximate surface area is 106 Å². The first-order chi connectivity index (χ1) is 8.60. The van der Waals surface area contributed by atoms with Crippen molar-refractivity contribution >= 4 is 17.8 Å². The molecule has 1 fully saturated rings. The van der Waals surface area contributed by atoms with Crippen LogP contribution in [0.2, 0.25) is 0 Å². The number of methoxy groups -OCH3 is 1. The number of rotatable bonds is 4. The summed E-state index contributed by atoms with van der Waals surface area (Å²) in [6.07, 6.45) is 2.34. The van der Waals surface area contributed by atoms with Gasteiger partial charge < -0.3 is 20.7 Å². The van der Waals surface area contributed by atoms with Crippen LogP contribution in [0.15, 0.2) is 0 Å². The second kappa shape index (κ2) is 6.95. The molecular formula is C11H19N3O4. The van der Waals surface area contributed by atoms with Crippen molar-refractivity contribution in [1.82, 2.24) is 10.2 Å². The summed E-state index contributed by atoms with van der Waals surface area (Å²) >= 11 is 0. The minimum atomic E-state index is -0.536. The Morgan fingerprint density at radius 3 is 2.72 bits per heavy atom. The third kappa shape index (κ3) is 3.69. The van der Waals surface area contributed by atoms with Gasteiger partial charge in [-0.15, -0.1) is 0 Å². The van der Waals surface area contributed by atoms with Gasteiger partial charge in [0.2, 0.25) is 11.8 Å². The molecule has 1 heterocycles. The van der Waals surface area contributed by atoms with Gasteiger partial charge in [0.05, 0.1) is 20.2 Å². The normalized spacial score (nSPS) is 19.2. The van der Waals surface area contributed by atoms with E-state index < -0.39 is 17.9 Å². The summed E-state index contributed by atoms with van der Waals surface area (Å²) in [5.74, 6) is -1.09. The second-order valence-corrected chi connectivity index (χ2v) is 4.10. The maximum atomic E-state index is 11.9. The molecule has 1 aliphatic heterocycles.